The minimum atomic E-state index is -2.05. The number of methoxy groups -OCH3 is 1. The Bertz CT molecular complexity index is 4960. The first-order chi connectivity index (χ1) is 63.4. The van der Waals surface area contributed by atoms with Crippen molar-refractivity contribution in [1.82, 2.24) is 87.6 Å². The lowest BCUT2D eigenvalue weighted by atomic mass is 9.99. The highest BCUT2D eigenvalue weighted by atomic mass is 32.2. The van der Waals surface area contributed by atoms with Gasteiger partial charge in [0.15, 0.2) is 0 Å². The lowest BCUT2D eigenvalue weighted by molar-refractivity contribution is -0.149. The number of hydrogen-bond acceptors (Lipinski definition) is 24. The van der Waals surface area contributed by atoms with Gasteiger partial charge in [0.1, 0.15) is 90.3 Å². The lowest BCUT2D eigenvalue weighted by Gasteiger charge is -2.36. The Hall–Kier alpha value is -12.8. The predicted octanol–water partition coefficient (Wildman–Crippen LogP) is -2.99. The molecule has 8 rings (SSSR count). The summed E-state index contributed by atoms with van der Waals surface area (Å²) in [6, 6.07) is -2.27. The fraction of sp³-hybridized carbons (Fsp3) is 0.551. The first-order valence-electron chi connectivity index (χ1n) is 44.7. The number of aromatic nitrogens is 2. The summed E-state index contributed by atoms with van der Waals surface area (Å²) in [5.74, 6) is -19.3. The number of primary amides is 1. The summed E-state index contributed by atoms with van der Waals surface area (Å²) in [5.41, 5.74) is 26.1. The number of para-hydroxylation sites is 2. The third-order valence-corrected chi connectivity index (χ3v) is 25.0. The number of aliphatic carboxylic acids is 2. The van der Waals surface area contributed by atoms with Crippen molar-refractivity contribution in [2.24, 2.45) is 22.9 Å². The van der Waals surface area contributed by atoms with Crippen LogP contribution in [-0.4, -0.2) is 326 Å². The fourth-order valence-corrected chi connectivity index (χ4v) is 17.2. The molecule has 15 atom stereocenters. The normalized spacial score (nSPS) is 24.9. The highest BCUT2D eigenvalue weighted by Gasteiger charge is 2.47. The molecule has 0 radical (unpaired) electrons. The van der Waals surface area contributed by atoms with Crippen molar-refractivity contribution in [2.45, 2.75) is 233 Å². The number of carbonyl (C=O) groups is 18. The number of carbonyl (C=O) groups excluding carboxylic acids is 16. The van der Waals surface area contributed by atoms with Gasteiger partial charge >= 0.3 is 11.9 Å². The minimum Gasteiger partial charge on any atom is -0.497 e. The van der Waals surface area contributed by atoms with Crippen molar-refractivity contribution in [2.75, 3.05) is 79.0 Å². The van der Waals surface area contributed by atoms with E-state index < -0.39 is 248 Å². The minimum absolute atomic E-state index is 0.0106. The number of fused-ring (bicyclic) bond motifs is 4. The molecule has 43 nitrogen and oxygen atoms in total. The molecule has 0 spiro atoms. The number of nitrogens with two attached hydrogens (primary N) is 4. The van der Waals surface area contributed by atoms with Crippen LogP contribution in [0.1, 0.15) is 140 Å². The lowest BCUT2D eigenvalue weighted by Crippen LogP contribution is -2.61. The number of ether oxygens (including phenoxy) is 1. The van der Waals surface area contributed by atoms with Crippen LogP contribution in [0.5, 0.6) is 5.75 Å². The summed E-state index contributed by atoms with van der Waals surface area (Å²) in [7, 11) is 5.28. The van der Waals surface area contributed by atoms with E-state index >= 15 is 33.6 Å². The first-order valence-corrected chi connectivity index (χ1v) is 45.8. The Balaban J connectivity index is 1.20. The number of unbranched alkanes of at least 4 members (excludes halogenated alkanes) is 3. The number of carboxylic acid groups (broad SMARTS) is 2. The van der Waals surface area contributed by atoms with Crippen LogP contribution < -0.4 is 80.8 Å². The van der Waals surface area contributed by atoms with Gasteiger partial charge in [-0.15, -0.1) is 11.8 Å². The average molecular weight is 1880 g/mol. The number of nitrogens with zero attached hydrogens (tertiary/aromatic N) is 5. The van der Waals surface area contributed by atoms with E-state index in [9.17, 15) is 68.1 Å². The monoisotopic (exact) mass is 1870 g/mol. The molecule has 16 amide bonds. The van der Waals surface area contributed by atoms with Crippen LogP contribution in [0.25, 0.3) is 21.8 Å². The van der Waals surface area contributed by atoms with Crippen LogP contribution >= 0.6 is 11.8 Å². The van der Waals surface area contributed by atoms with Gasteiger partial charge in [-0.1, -0.05) is 88.1 Å². The van der Waals surface area contributed by atoms with Gasteiger partial charge < -0.3 is 131 Å². The molecule has 3 aliphatic heterocycles. The second kappa shape index (κ2) is 51.3. The molecule has 2 aromatic heterocycles. The van der Waals surface area contributed by atoms with E-state index in [1.54, 1.807) is 85.2 Å². The highest BCUT2D eigenvalue weighted by molar-refractivity contribution is 8.00. The molecule has 2 unspecified atom stereocenters. The molecule has 3 aliphatic rings. The van der Waals surface area contributed by atoms with Crippen molar-refractivity contribution in [1.29, 1.82) is 0 Å². The summed E-state index contributed by atoms with van der Waals surface area (Å²) < 4.78 is 5.33. The number of benzene rings is 3. The molecule has 5 heterocycles. The van der Waals surface area contributed by atoms with Gasteiger partial charge in [0.05, 0.1) is 38.4 Å². The van der Waals surface area contributed by atoms with Crippen molar-refractivity contribution in [3.8, 4) is 5.75 Å². The molecular formula is C89H127N21O22S. The maximum Gasteiger partial charge on any atom is 0.305 e. The van der Waals surface area contributed by atoms with E-state index in [0.29, 0.717) is 76.3 Å². The summed E-state index contributed by atoms with van der Waals surface area (Å²) in [4.78, 5) is 273. The number of thioether (sulfide) groups is 1. The van der Waals surface area contributed by atoms with E-state index in [-0.39, 0.29) is 90.3 Å². The zero-order valence-corrected chi connectivity index (χ0v) is 76.7. The number of aliphatic hydroxyl groups is 1. The summed E-state index contributed by atoms with van der Waals surface area (Å²) in [6.07, 6.45) is 0.117. The van der Waals surface area contributed by atoms with E-state index in [2.05, 4.69) is 63.1 Å². The quantitative estimate of drug-likeness (QED) is 0.0222. The number of aliphatic hydroxyl groups excluding tert-OH is 1. The smallest absolute Gasteiger partial charge is 0.305 e. The van der Waals surface area contributed by atoms with E-state index in [4.69, 9.17) is 27.7 Å². The molecule has 3 aromatic carbocycles. The Morgan fingerprint density at radius 2 is 1.01 bits per heavy atom. The van der Waals surface area contributed by atoms with Gasteiger partial charge in [0.25, 0.3) is 0 Å². The maximum atomic E-state index is 15.8. The van der Waals surface area contributed by atoms with Crippen LogP contribution in [0.15, 0.2) is 85.2 Å². The van der Waals surface area contributed by atoms with Gasteiger partial charge in [-0.25, -0.2) is 0 Å². The van der Waals surface area contributed by atoms with Crippen LogP contribution in [0.4, 0.5) is 0 Å². The summed E-state index contributed by atoms with van der Waals surface area (Å²) in [6.45, 7) is 3.01. The molecule has 5 aromatic rings. The fourth-order valence-electron chi connectivity index (χ4n) is 16.3. The number of aromatic amines is 2. The SMILES string of the molecule is CCCC[C@H]1C(=O)N(C)[C@@H](CCCC)C(=O)N[C@@H](CCCN)C(=O)N[C@H](C(=O)NCC(N)=O)CSCC(=O)N[C@@H](Cc2ccc(OC)cc2)C(=O)N(C)[C@@H](C)C(=O)N[C@@H](CC(=O)O)C(=O)N2CCCC2C(=O)N[C@@H](CN)C(=O)N[C@@H](CCCCN)C(=O)N2C[C@H](O)CC2C(=O)N[C@@H](Cc2c[nH]c3ccccc23)C(=O)N[C@@H](CC(=O)O)C(=O)N[C@@H](Cc2c[nH]c3ccccc23)C(=O)N1C. The Labute approximate surface area is 773 Å². The second-order valence-electron chi connectivity index (χ2n) is 33.6. The molecule has 133 heavy (non-hydrogen) atoms. The topological polar surface area (TPSA) is 649 Å². The van der Waals surface area contributed by atoms with Crippen LogP contribution in [0.2, 0.25) is 0 Å². The number of carboxylic acids is 2. The second-order valence-corrected chi connectivity index (χ2v) is 34.6. The molecule has 0 saturated carbocycles. The summed E-state index contributed by atoms with van der Waals surface area (Å²) in [5, 5.41) is 59.2. The van der Waals surface area contributed by atoms with E-state index in [0.717, 1.165) is 36.3 Å². The maximum absolute atomic E-state index is 15.8. The third kappa shape index (κ3) is 29.6. The number of amides is 16. The van der Waals surface area contributed by atoms with E-state index in [1.807, 2.05) is 13.8 Å². The number of likely N-dealkylation sites (N-methyl/N-ethyl adjacent to an activating group) is 3. The molecule has 44 heteroatoms. The Morgan fingerprint density at radius 1 is 0.504 bits per heavy atom. The van der Waals surface area contributed by atoms with Crippen molar-refractivity contribution >= 4 is 140 Å². The van der Waals surface area contributed by atoms with Crippen LogP contribution in [0.3, 0.4) is 0 Å². The first kappa shape index (κ1) is 106. The van der Waals surface area contributed by atoms with Gasteiger partial charge in [0.2, 0.25) is 94.5 Å². The summed E-state index contributed by atoms with van der Waals surface area (Å²) >= 11 is 0.776. The Morgan fingerprint density at radius 3 is 1.61 bits per heavy atom. The number of hydrogen-bond donors (Lipinski definition) is 19. The molecule has 3 fully saturated rings. The molecular weight excluding hydrogens is 1750 g/mol. The van der Waals surface area contributed by atoms with Gasteiger partial charge in [-0.2, -0.15) is 0 Å². The number of H-pyrrole nitrogens is 2. The van der Waals surface area contributed by atoms with Crippen molar-refractivity contribution < 1.29 is 106 Å². The van der Waals surface area contributed by atoms with Crippen molar-refractivity contribution in [3.63, 3.8) is 0 Å². The molecule has 0 aliphatic carbocycles. The highest BCUT2D eigenvalue weighted by Crippen LogP contribution is 2.28. The zero-order chi connectivity index (χ0) is 97.4. The van der Waals surface area contributed by atoms with E-state index in [1.165, 1.54) is 35.2 Å². The number of nitrogens with one attached hydrogen (secondary N) is 12. The third-order valence-electron chi connectivity index (χ3n) is 23.9. The molecule has 23 N–H and O–H groups in total. The molecule has 726 valence electrons. The standard InChI is InChI=1S/C89H127N21O22S/c1-8-10-26-68-82(124)98-59(25-18-34-91)78(120)105-67(77(119)96-45-72(93)112)47-133-48-73(113)97-63(36-50-29-31-54(132-7)32-30-50)85(127)106(4)49(3)76(118)102-65(41-75(116)117)88(130)109-35-19-28-69(109)83(125)104-66(42-92)81(123)99-60(24-16-17-33-90)87(129)110-46-53(111)39-71(110)84(126)101-61(37-51-43-94-57-22-14-12-20-55(51)57)79(121)100-62(40-74(114)115)80(122)103-64(38-52-44-95-58-23-15-13-21-56(52)58)86(128)108(6)70(27-11-9-2)89(131)107(68)5/h12-15,20-23,29-32,43-44,49,53,59-71,94-95,111H,8-11,16-19,24-28,33-42,45-48,90-92H2,1-7H3,(H2,93,112)(H,96,119)(H,97,113)(H,98,124)(H,99,123)(H,100,121)(H,101,126)(H,102,118)(H,103,122)(H,104,125)(H,105,120)(H,114,115)(H,116,117)/t49-,53+,59-,60-,61-,62-,63-,64-,65-,66-,67-,68-,69?,70-,71?/m0/s1. The Kier molecular flexibility index (Phi) is 40.7. The van der Waals surface area contributed by atoms with Gasteiger partial charge in [-0.3, -0.25) is 86.3 Å². The largest absolute Gasteiger partial charge is 0.497 e. The number of rotatable bonds is 28. The molecule has 0 bridgehead atoms. The molecule has 3 saturated heterocycles. The van der Waals surface area contributed by atoms with Crippen molar-refractivity contribution in [3.05, 3.63) is 102 Å². The average Bonchev–Trinajstić information content (AvgIpc) is 1.64. The van der Waals surface area contributed by atoms with Gasteiger partial charge in [-0.05, 0) is 119 Å². The zero-order valence-electron chi connectivity index (χ0n) is 75.9. The van der Waals surface area contributed by atoms with Crippen LogP contribution in [0, 0.1) is 0 Å². The predicted molar refractivity (Wildman–Crippen MR) is 488 cm³/mol. The van der Waals surface area contributed by atoms with Gasteiger partial charge in [0, 0.05) is 106 Å². The van der Waals surface area contributed by atoms with Crippen LogP contribution in [-0.2, 0) is 106 Å².